The molecule has 2 aromatic rings. The van der Waals surface area contributed by atoms with Gasteiger partial charge < -0.3 is 10.1 Å². The van der Waals surface area contributed by atoms with Gasteiger partial charge in [-0.2, -0.15) is 0 Å². The number of ether oxygens (including phenoxy) is 1. The Bertz CT molecular complexity index is 699. The number of benzene rings is 2. The van der Waals surface area contributed by atoms with Crippen LogP contribution in [0.1, 0.15) is 37.5 Å². The fourth-order valence-electron chi connectivity index (χ4n) is 2.34. The Hall–Kier alpha value is -2.29. The lowest BCUT2D eigenvalue weighted by Crippen LogP contribution is -2.20. The van der Waals surface area contributed by atoms with E-state index in [2.05, 4.69) is 38.2 Å². The SMILES string of the molecule is Cc1cccc(NC(=O)COc2ccc(C(C)(C)C)cc2C)c1. The fraction of sp³-hybridized carbons (Fsp3) is 0.350. The van der Waals surface area contributed by atoms with Crippen LogP contribution in [0.15, 0.2) is 42.5 Å². The Kier molecular flexibility index (Phi) is 5.09. The van der Waals surface area contributed by atoms with Crippen LogP contribution < -0.4 is 10.1 Å². The van der Waals surface area contributed by atoms with E-state index >= 15 is 0 Å². The largest absolute Gasteiger partial charge is 0.483 e. The first-order valence-corrected chi connectivity index (χ1v) is 7.86. The number of carbonyl (C=O) groups excluding carboxylic acids is 1. The summed E-state index contributed by atoms with van der Waals surface area (Å²) in [6, 6.07) is 13.8. The summed E-state index contributed by atoms with van der Waals surface area (Å²) < 4.78 is 5.66. The van der Waals surface area contributed by atoms with Crippen molar-refractivity contribution in [2.45, 2.75) is 40.0 Å². The van der Waals surface area contributed by atoms with Gasteiger partial charge in [0, 0.05) is 5.69 Å². The van der Waals surface area contributed by atoms with Gasteiger partial charge in [-0.15, -0.1) is 0 Å². The quantitative estimate of drug-likeness (QED) is 0.895. The lowest BCUT2D eigenvalue weighted by atomic mass is 9.86. The van der Waals surface area contributed by atoms with Gasteiger partial charge in [0.25, 0.3) is 5.91 Å². The van der Waals surface area contributed by atoms with E-state index < -0.39 is 0 Å². The van der Waals surface area contributed by atoms with Crippen LogP contribution in [0.25, 0.3) is 0 Å². The Balaban J connectivity index is 1.97. The van der Waals surface area contributed by atoms with Gasteiger partial charge in [-0.1, -0.05) is 45.0 Å². The Labute approximate surface area is 138 Å². The third kappa shape index (κ3) is 4.85. The molecule has 1 N–H and O–H groups in total. The van der Waals surface area contributed by atoms with Gasteiger partial charge >= 0.3 is 0 Å². The lowest BCUT2D eigenvalue weighted by Gasteiger charge is -2.20. The standard InChI is InChI=1S/C20H25NO2/c1-14-7-6-8-17(11-14)21-19(22)13-23-18-10-9-16(12-15(18)2)20(3,4)5/h6-12H,13H2,1-5H3,(H,21,22). The maximum atomic E-state index is 12.0. The molecule has 0 saturated heterocycles. The van der Waals surface area contributed by atoms with E-state index in [0.29, 0.717) is 0 Å². The van der Waals surface area contributed by atoms with Gasteiger partial charge in [0.2, 0.25) is 0 Å². The van der Waals surface area contributed by atoms with Crippen molar-refractivity contribution in [2.75, 3.05) is 11.9 Å². The summed E-state index contributed by atoms with van der Waals surface area (Å²) in [5, 5.41) is 2.84. The van der Waals surface area contributed by atoms with Crippen molar-refractivity contribution < 1.29 is 9.53 Å². The lowest BCUT2D eigenvalue weighted by molar-refractivity contribution is -0.118. The van der Waals surface area contributed by atoms with E-state index in [4.69, 9.17) is 4.74 Å². The molecule has 122 valence electrons. The molecule has 2 rings (SSSR count). The molecule has 0 unspecified atom stereocenters. The van der Waals surface area contributed by atoms with Crippen molar-refractivity contribution in [1.82, 2.24) is 0 Å². The molecule has 0 aromatic heterocycles. The number of aryl methyl sites for hydroxylation is 2. The number of rotatable bonds is 4. The van der Waals surface area contributed by atoms with E-state index in [-0.39, 0.29) is 17.9 Å². The second-order valence-corrected chi connectivity index (χ2v) is 6.94. The highest BCUT2D eigenvalue weighted by molar-refractivity contribution is 5.91. The highest BCUT2D eigenvalue weighted by atomic mass is 16.5. The first-order chi connectivity index (χ1) is 10.8. The second-order valence-electron chi connectivity index (χ2n) is 6.94. The van der Waals surface area contributed by atoms with E-state index in [0.717, 1.165) is 22.6 Å². The molecule has 23 heavy (non-hydrogen) atoms. The maximum Gasteiger partial charge on any atom is 0.262 e. The molecular formula is C20H25NO2. The van der Waals surface area contributed by atoms with Crippen molar-refractivity contribution in [1.29, 1.82) is 0 Å². The Morgan fingerprint density at radius 2 is 1.83 bits per heavy atom. The van der Waals surface area contributed by atoms with E-state index in [1.54, 1.807) is 0 Å². The van der Waals surface area contributed by atoms with E-state index in [1.165, 1.54) is 5.56 Å². The van der Waals surface area contributed by atoms with Crippen molar-refractivity contribution in [3.8, 4) is 5.75 Å². The predicted molar refractivity (Wildman–Crippen MR) is 95.2 cm³/mol. The average molecular weight is 311 g/mol. The summed E-state index contributed by atoms with van der Waals surface area (Å²) in [4.78, 5) is 12.0. The van der Waals surface area contributed by atoms with Crippen LogP contribution in [0.3, 0.4) is 0 Å². The minimum absolute atomic E-state index is 0.00362. The molecule has 0 radical (unpaired) electrons. The minimum atomic E-state index is -0.158. The zero-order valence-electron chi connectivity index (χ0n) is 14.6. The summed E-state index contributed by atoms with van der Waals surface area (Å²) in [5.41, 5.74) is 4.30. The molecule has 0 spiro atoms. The number of carbonyl (C=O) groups is 1. The molecule has 0 aliphatic carbocycles. The maximum absolute atomic E-state index is 12.0. The Morgan fingerprint density at radius 3 is 2.43 bits per heavy atom. The van der Waals surface area contributed by atoms with Crippen molar-refractivity contribution in [3.63, 3.8) is 0 Å². The van der Waals surface area contributed by atoms with Crippen molar-refractivity contribution >= 4 is 11.6 Å². The number of nitrogens with one attached hydrogen (secondary N) is 1. The molecule has 0 saturated carbocycles. The second kappa shape index (κ2) is 6.86. The molecule has 0 atom stereocenters. The van der Waals surface area contributed by atoms with E-state index in [9.17, 15) is 4.79 Å². The fourth-order valence-corrected chi connectivity index (χ4v) is 2.34. The number of hydrogen-bond donors (Lipinski definition) is 1. The molecular weight excluding hydrogens is 286 g/mol. The van der Waals surface area contributed by atoms with E-state index in [1.807, 2.05) is 44.2 Å². The molecule has 0 aliphatic rings. The third-order valence-electron chi connectivity index (χ3n) is 3.70. The number of hydrogen-bond acceptors (Lipinski definition) is 2. The Morgan fingerprint density at radius 1 is 1.09 bits per heavy atom. The van der Waals surface area contributed by atoms with Crippen molar-refractivity contribution in [2.24, 2.45) is 0 Å². The molecule has 0 heterocycles. The van der Waals surface area contributed by atoms with Crippen LogP contribution in [-0.4, -0.2) is 12.5 Å². The summed E-state index contributed by atoms with van der Waals surface area (Å²) in [6.45, 7) is 10.5. The van der Waals surface area contributed by atoms with Gasteiger partial charge in [-0.3, -0.25) is 4.79 Å². The minimum Gasteiger partial charge on any atom is -0.483 e. The molecule has 0 aliphatic heterocycles. The molecule has 1 amide bonds. The topological polar surface area (TPSA) is 38.3 Å². The zero-order valence-corrected chi connectivity index (χ0v) is 14.6. The predicted octanol–water partition coefficient (Wildman–Crippen LogP) is 4.62. The summed E-state index contributed by atoms with van der Waals surface area (Å²) >= 11 is 0. The van der Waals surface area contributed by atoms with Gasteiger partial charge in [-0.25, -0.2) is 0 Å². The zero-order chi connectivity index (χ0) is 17.0. The van der Waals surface area contributed by atoms with Crippen LogP contribution in [0.4, 0.5) is 5.69 Å². The van der Waals surface area contributed by atoms with Gasteiger partial charge in [0.05, 0.1) is 0 Å². The number of amides is 1. The monoisotopic (exact) mass is 311 g/mol. The first-order valence-electron chi connectivity index (χ1n) is 7.86. The van der Waals surface area contributed by atoms with Crippen molar-refractivity contribution in [3.05, 3.63) is 59.2 Å². The summed E-state index contributed by atoms with van der Waals surface area (Å²) in [7, 11) is 0. The molecule has 3 heteroatoms. The van der Waals surface area contributed by atoms with Crippen LogP contribution in [-0.2, 0) is 10.2 Å². The smallest absolute Gasteiger partial charge is 0.262 e. The molecule has 2 aromatic carbocycles. The van der Waals surface area contributed by atoms with Crippen LogP contribution >= 0.6 is 0 Å². The molecule has 3 nitrogen and oxygen atoms in total. The first kappa shape index (κ1) is 17.1. The third-order valence-corrected chi connectivity index (χ3v) is 3.70. The molecule has 0 fully saturated rings. The van der Waals surface area contributed by atoms with Gasteiger partial charge in [-0.05, 0) is 54.2 Å². The highest BCUT2D eigenvalue weighted by Gasteiger charge is 2.15. The van der Waals surface area contributed by atoms with Crippen LogP contribution in [0.5, 0.6) is 5.75 Å². The summed E-state index contributed by atoms with van der Waals surface area (Å²) in [5.74, 6) is 0.590. The van der Waals surface area contributed by atoms with Gasteiger partial charge in [0.1, 0.15) is 5.75 Å². The normalized spacial score (nSPS) is 11.2. The summed E-state index contributed by atoms with van der Waals surface area (Å²) in [6.07, 6.45) is 0. The van der Waals surface area contributed by atoms with Crippen LogP contribution in [0, 0.1) is 13.8 Å². The molecule has 0 bridgehead atoms. The van der Waals surface area contributed by atoms with Gasteiger partial charge in [0.15, 0.2) is 6.61 Å². The average Bonchev–Trinajstić information content (AvgIpc) is 2.45. The number of anilines is 1. The highest BCUT2D eigenvalue weighted by Crippen LogP contribution is 2.27. The van der Waals surface area contributed by atoms with Crippen LogP contribution in [0.2, 0.25) is 0 Å².